The van der Waals surface area contributed by atoms with Crippen LogP contribution in [0.3, 0.4) is 0 Å². The Morgan fingerprint density at radius 3 is 0.939 bits per heavy atom. The predicted octanol–water partition coefficient (Wildman–Crippen LogP) is 7.56. The van der Waals surface area contributed by atoms with Gasteiger partial charge in [0.1, 0.15) is 0 Å². The van der Waals surface area contributed by atoms with E-state index in [0.717, 1.165) is 16.7 Å². The molecule has 172 valence electrons. The zero-order chi connectivity index (χ0) is 23.7. The summed E-state index contributed by atoms with van der Waals surface area (Å²) in [7, 11) is 0. The van der Waals surface area contributed by atoms with Crippen molar-refractivity contribution in [1.82, 2.24) is 0 Å². The molecule has 0 heterocycles. The number of rotatable bonds is 2. The minimum absolute atomic E-state index is 0. The van der Waals surface area contributed by atoms with Gasteiger partial charge in [0.05, 0.1) is 6.61 Å². The maximum Gasteiger partial charge on any atom is 0.0522 e. The summed E-state index contributed by atoms with van der Waals surface area (Å²) in [6.45, 7) is 15.4. The molecule has 0 spiro atoms. The number of aliphatic hydroxyl groups excluding tert-OH is 1. The largest absolute Gasteiger partial charge is 0.395 e. The molecule has 0 fully saturated rings. The van der Waals surface area contributed by atoms with E-state index in [9.17, 15) is 0 Å². The van der Waals surface area contributed by atoms with Crippen LogP contribution in [0.1, 0.15) is 36.1 Å². The van der Waals surface area contributed by atoms with Crippen molar-refractivity contribution >= 4 is 0 Å². The molecule has 1 nitrogen and oxygen atoms in total. The fraction of sp³-hybridized carbons (Fsp3) is 0.129. The third-order valence-corrected chi connectivity index (χ3v) is 4.48. The molecular weight excluding hydrogens is 567 g/mol. The van der Waals surface area contributed by atoms with E-state index >= 15 is 0 Å². The van der Waals surface area contributed by atoms with Gasteiger partial charge in [0.15, 0.2) is 0 Å². The Morgan fingerprint density at radius 1 is 0.515 bits per heavy atom. The summed E-state index contributed by atoms with van der Waals surface area (Å²) in [6, 6.07) is 39.7. The molecular formula is C31H35HfO-3. The second-order valence-corrected chi connectivity index (χ2v) is 7.86. The molecule has 0 aliphatic heterocycles. The molecule has 0 bridgehead atoms. The molecule has 2 heteroatoms. The summed E-state index contributed by atoms with van der Waals surface area (Å²) in [4.78, 5) is 0. The van der Waals surface area contributed by atoms with E-state index in [2.05, 4.69) is 20.8 Å². The summed E-state index contributed by atoms with van der Waals surface area (Å²) >= 11 is 0. The van der Waals surface area contributed by atoms with E-state index in [-0.39, 0.29) is 37.9 Å². The van der Waals surface area contributed by atoms with Crippen molar-refractivity contribution in [2.45, 2.75) is 19.3 Å². The summed E-state index contributed by atoms with van der Waals surface area (Å²) < 4.78 is 0. The summed E-state index contributed by atoms with van der Waals surface area (Å²) in [5, 5.41) is 9.05. The maximum atomic E-state index is 9.05. The summed E-state index contributed by atoms with van der Waals surface area (Å²) in [6.07, 6.45) is 0. The number of hydrogen-bond donors (Lipinski definition) is 1. The smallest absolute Gasteiger partial charge is 0.0522 e. The van der Waals surface area contributed by atoms with E-state index < -0.39 is 0 Å². The van der Waals surface area contributed by atoms with E-state index in [0.29, 0.717) is 0 Å². The van der Waals surface area contributed by atoms with Gasteiger partial charge in [-0.3, -0.25) is 0 Å². The molecule has 4 aromatic rings. The first-order valence-electron chi connectivity index (χ1n) is 10.6. The van der Waals surface area contributed by atoms with Gasteiger partial charge in [-0.1, -0.05) is 62.4 Å². The second-order valence-electron chi connectivity index (χ2n) is 7.86. The Balaban J connectivity index is 0.000000418. The van der Waals surface area contributed by atoms with Gasteiger partial charge in [0.2, 0.25) is 0 Å². The Morgan fingerprint density at radius 2 is 0.758 bits per heavy atom. The molecule has 4 rings (SSSR count). The fourth-order valence-corrected chi connectivity index (χ4v) is 2.41. The molecule has 4 aromatic carbocycles. The van der Waals surface area contributed by atoms with Crippen LogP contribution in [-0.4, -0.2) is 11.7 Å². The molecule has 0 saturated heterocycles. The Bertz CT molecular complexity index is 848. The van der Waals surface area contributed by atoms with Crippen molar-refractivity contribution in [3.05, 3.63) is 164 Å². The van der Waals surface area contributed by atoms with Gasteiger partial charge in [0, 0.05) is 31.3 Å². The van der Waals surface area contributed by atoms with Gasteiger partial charge >= 0.3 is 0 Å². The zero-order valence-corrected chi connectivity index (χ0v) is 23.4. The molecule has 0 aliphatic carbocycles. The molecule has 1 N–H and O–H groups in total. The van der Waals surface area contributed by atoms with Crippen molar-refractivity contribution in [2.75, 3.05) is 6.61 Å². The molecule has 0 amide bonds. The average molecular weight is 602 g/mol. The van der Waals surface area contributed by atoms with Gasteiger partial charge in [-0.2, -0.15) is 73.9 Å². The first-order chi connectivity index (χ1) is 15.3. The van der Waals surface area contributed by atoms with Crippen LogP contribution in [0.5, 0.6) is 0 Å². The summed E-state index contributed by atoms with van der Waals surface area (Å²) in [5.74, 6) is 0. The number of benzene rings is 4. The van der Waals surface area contributed by atoms with E-state index in [4.69, 9.17) is 5.11 Å². The van der Waals surface area contributed by atoms with E-state index in [1.165, 1.54) is 5.56 Å². The van der Waals surface area contributed by atoms with Crippen LogP contribution in [0.4, 0.5) is 0 Å². The quantitative estimate of drug-likeness (QED) is 0.186. The Kier molecular flexibility index (Phi) is 16.4. The Labute approximate surface area is 220 Å². The van der Waals surface area contributed by atoms with Crippen molar-refractivity contribution in [2.24, 2.45) is 0 Å². The van der Waals surface area contributed by atoms with Crippen LogP contribution >= 0.6 is 0 Å². The maximum absolute atomic E-state index is 9.05. The van der Waals surface area contributed by atoms with Gasteiger partial charge in [-0.15, -0.1) is 36.4 Å². The third-order valence-electron chi connectivity index (χ3n) is 4.48. The minimum Gasteiger partial charge on any atom is -0.395 e. The van der Waals surface area contributed by atoms with Crippen molar-refractivity contribution < 1.29 is 30.9 Å². The molecule has 0 radical (unpaired) electrons. The molecule has 0 aliphatic rings. The SMILES string of the molecule is CC(C)(CO)c1ccccc1.[CH2-]c1ccccc1.[CH2-]c1ccccc1.[CH2-]c1ccccc1.[Hf]. The normalized spacial score (nSPS) is 9.30. The topological polar surface area (TPSA) is 20.2 Å². The van der Waals surface area contributed by atoms with Crippen molar-refractivity contribution in [1.29, 1.82) is 0 Å². The van der Waals surface area contributed by atoms with Crippen LogP contribution in [0.15, 0.2) is 121 Å². The van der Waals surface area contributed by atoms with E-state index in [1.807, 2.05) is 135 Å². The fourth-order valence-electron chi connectivity index (χ4n) is 2.41. The monoisotopic (exact) mass is 603 g/mol. The van der Waals surface area contributed by atoms with Gasteiger partial charge < -0.3 is 5.11 Å². The van der Waals surface area contributed by atoms with Gasteiger partial charge in [-0.25, -0.2) is 0 Å². The van der Waals surface area contributed by atoms with Crippen molar-refractivity contribution in [3.8, 4) is 0 Å². The van der Waals surface area contributed by atoms with Crippen LogP contribution in [0.25, 0.3) is 0 Å². The molecule has 0 atom stereocenters. The van der Waals surface area contributed by atoms with Gasteiger partial charge in [0.25, 0.3) is 0 Å². The Hall–Kier alpha value is -2.68. The second kappa shape index (κ2) is 17.8. The van der Waals surface area contributed by atoms with E-state index in [1.54, 1.807) is 0 Å². The number of aliphatic hydroxyl groups is 1. The van der Waals surface area contributed by atoms with Gasteiger partial charge in [-0.05, 0) is 5.56 Å². The standard InChI is InChI=1S/C10H14O.3C7H7.Hf/c1-10(2,8-11)9-6-4-3-5-7-9;3*1-7-5-3-2-4-6-7;/h3-7,11H,8H2,1-2H3;3*2-6H,1H2;/q;3*-1;. The van der Waals surface area contributed by atoms with Crippen LogP contribution in [-0.2, 0) is 31.3 Å². The first kappa shape index (κ1) is 30.3. The first-order valence-corrected chi connectivity index (χ1v) is 10.6. The molecule has 0 unspecified atom stereocenters. The van der Waals surface area contributed by atoms with Crippen LogP contribution in [0, 0.1) is 20.8 Å². The number of hydrogen-bond acceptors (Lipinski definition) is 1. The zero-order valence-electron chi connectivity index (χ0n) is 19.8. The average Bonchev–Trinajstić information content (AvgIpc) is 2.82. The predicted molar refractivity (Wildman–Crippen MR) is 139 cm³/mol. The molecule has 0 aromatic heterocycles. The van der Waals surface area contributed by atoms with Crippen LogP contribution in [0.2, 0.25) is 0 Å². The molecule has 33 heavy (non-hydrogen) atoms. The van der Waals surface area contributed by atoms with Crippen molar-refractivity contribution in [3.63, 3.8) is 0 Å². The van der Waals surface area contributed by atoms with Crippen LogP contribution < -0.4 is 0 Å². The minimum atomic E-state index is -0.110. The molecule has 0 saturated carbocycles. The summed E-state index contributed by atoms with van der Waals surface area (Å²) in [5.41, 5.74) is 4.29. The third kappa shape index (κ3) is 14.9.